The third-order valence-corrected chi connectivity index (χ3v) is 5.26. The Bertz CT molecular complexity index is 833. The lowest BCUT2D eigenvalue weighted by Gasteiger charge is -2.31. The fourth-order valence-corrected chi connectivity index (χ4v) is 3.70. The zero-order valence-corrected chi connectivity index (χ0v) is 15.7. The summed E-state index contributed by atoms with van der Waals surface area (Å²) in [5.74, 6) is 1.81. The van der Waals surface area contributed by atoms with Crippen LogP contribution in [0.5, 0.6) is 17.2 Å². The van der Waals surface area contributed by atoms with Crippen LogP contribution in [0.25, 0.3) is 0 Å². The summed E-state index contributed by atoms with van der Waals surface area (Å²) < 4.78 is 29.9. The van der Waals surface area contributed by atoms with Gasteiger partial charge >= 0.3 is 0 Å². The fourth-order valence-electron chi connectivity index (χ4n) is 3.70. The molecule has 0 aliphatic carbocycles. The van der Waals surface area contributed by atoms with Crippen molar-refractivity contribution in [2.75, 3.05) is 39.5 Å². The highest BCUT2D eigenvalue weighted by molar-refractivity contribution is 5.98. The third-order valence-electron chi connectivity index (χ3n) is 5.26. The van der Waals surface area contributed by atoms with Gasteiger partial charge in [-0.3, -0.25) is 9.69 Å². The molecule has 2 heterocycles. The molecule has 0 radical (unpaired) electrons. The van der Waals surface area contributed by atoms with Crippen LogP contribution in [0.15, 0.2) is 42.5 Å². The molecule has 148 valence electrons. The van der Waals surface area contributed by atoms with Gasteiger partial charge in [0.15, 0.2) is 17.3 Å². The van der Waals surface area contributed by atoms with Crippen molar-refractivity contribution in [1.29, 1.82) is 0 Å². The number of benzene rings is 2. The van der Waals surface area contributed by atoms with E-state index in [1.807, 2.05) is 12.1 Å². The van der Waals surface area contributed by atoms with Crippen molar-refractivity contribution in [1.82, 2.24) is 4.90 Å². The number of Topliss-reactive ketones (excluding diaryl/α,β-unsaturated/α-hetero) is 1. The summed E-state index contributed by atoms with van der Waals surface area (Å²) in [6.07, 6.45) is 1.65. The number of carbonyl (C=O) groups excluding carboxylic acids is 1. The van der Waals surface area contributed by atoms with E-state index in [0.717, 1.165) is 32.5 Å². The van der Waals surface area contributed by atoms with Gasteiger partial charge in [0.2, 0.25) is 0 Å². The minimum Gasteiger partial charge on any atom is -0.492 e. The van der Waals surface area contributed by atoms with Crippen molar-refractivity contribution in [2.45, 2.75) is 12.8 Å². The Hall–Kier alpha value is -2.60. The normalized spacial score (nSPS) is 17.3. The molecule has 0 aromatic heterocycles. The standard InChI is InChI=1S/C22H24FNO4/c23-18-2-1-3-19(15-18)26-11-10-24-8-6-16(7-9-24)22(25)17-4-5-20-21(14-17)28-13-12-27-20/h1-5,14-16H,6-13H2. The molecular formula is C22H24FNO4. The highest BCUT2D eigenvalue weighted by atomic mass is 19.1. The maximum Gasteiger partial charge on any atom is 0.166 e. The molecule has 5 nitrogen and oxygen atoms in total. The molecule has 2 aliphatic rings. The molecule has 2 aliphatic heterocycles. The molecule has 2 aromatic rings. The Morgan fingerprint density at radius 2 is 1.86 bits per heavy atom. The first kappa shape index (κ1) is 18.7. The zero-order valence-electron chi connectivity index (χ0n) is 15.7. The van der Waals surface area contributed by atoms with Crippen molar-refractivity contribution >= 4 is 5.78 Å². The number of ether oxygens (including phenoxy) is 3. The summed E-state index contributed by atoms with van der Waals surface area (Å²) in [7, 11) is 0. The Morgan fingerprint density at radius 1 is 1.07 bits per heavy atom. The second-order valence-electron chi connectivity index (χ2n) is 7.14. The number of hydrogen-bond acceptors (Lipinski definition) is 5. The van der Waals surface area contributed by atoms with Crippen molar-refractivity contribution in [3.63, 3.8) is 0 Å². The summed E-state index contributed by atoms with van der Waals surface area (Å²) in [4.78, 5) is 15.1. The molecule has 0 atom stereocenters. The first-order valence-electron chi connectivity index (χ1n) is 9.73. The van der Waals surface area contributed by atoms with Crippen molar-refractivity contribution in [2.24, 2.45) is 5.92 Å². The minimum absolute atomic E-state index is 0.0305. The molecule has 0 N–H and O–H groups in total. The van der Waals surface area contributed by atoms with Gasteiger partial charge in [0.25, 0.3) is 0 Å². The van der Waals surface area contributed by atoms with Gasteiger partial charge in [-0.25, -0.2) is 4.39 Å². The van der Waals surface area contributed by atoms with Crippen LogP contribution in [-0.2, 0) is 0 Å². The smallest absolute Gasteiger partial charge is 0.166 e. The van der Waals surface area contributed by atoms with Gasteiger partial charge in [-0.05, 0) is 56.3 Å². The van der Waals surface area contributed by atoms with Crippen LogP contribution in [0.4, 0.5) is 4.39 Å². The SMILES string of the molecule is O=C(c1ccc2c(c1)OCCO2)C1CCN(CCOc2cccc(F)c2)CC1. The fraction of sp³-hybridized carbons (Fsp3) is 0.409. The average Bonchev–Trinajstić information content (AvgIpc) is 2.73. The number of halogens is 1. The Morgan fingerprint density at radius 3 is 2.64 bits per heavy atom. The molecule has 0 saturated carbocycles. The Labute approximate surface area is 164 Å². The van der Waals surface area contributed by atoms with Crippen molar-refractivity contribution in [3.8, 4) is 17.2 Å². The van der Waals surface area contributed by atoms with Crippen LogP contribution >= 0.6 is 0 Å². The van der Waals surface area contributed by atoms with E-state index in [2.05, 4.69) is 4.90 Å². The molecule has 4 rings (SSSR count). The van der Waals surface area contributed by atoms with E-state index in [-0.39, 0.29) is 17.5 Å². The number of carbonyl (C=O) groups is 1. The predicted octanol–water partition coefficient (Wildman–Crippen LogP) is 3.57. The Kier molecular flexibility index (Phi) is 5.76. The lowest BCUT2D eigenvalue weighted by atomic mass is 9.88. The van der Waals surface area contributed by atoms with Gasteiger partial charge in [-0.2, -0.15) is 0 Å². The third kappa shape index (κ3) is 4.44. The molecule has 0 unspecified atom stereocenters. The molecule has 0 spiro atoms. The van der Waals surface area contributed by atoms with Crippen LogP contribution in [0.3, 0.4) is 0 Å². The van der Waals surface area contributed by atoms with Gasteiger partial charge < -0.3 is 14.2 Å². The maximum atomic E-state index is 13.2. The number of nitrogens with zero attached hydrogens (tertiary/aromatic N) is 1. The second kappa shape index (κ2) is 8.61. The predicted molar refractivity (Wildman–Crippen MR) is 103 cm³/mol. The molecule has 0 amide bonds. The number of likely N-dealkylation sites (tertiary alicyclic amines) is 1. The van der Waals surface area contributed by atoms with E-state index in [9.17, 15) is 9.18 Å². The van der Waals surface area contributed by atoms with Crippen LogP contribution in [0, 0.1) is 11.7 Å². The van der Waals surface area contributed by atoms with E-state index in [1.54, 1.807) is 18.2 Å². The topological polar surface area (TPSA) is 48.0 Å². The summed E-state index contributed by atoms with van der Waals surface area (Å²) in [6.45, 7) is 4.04. The van der Waals surface area contributed by atoms with E-state index < -0.39 is 0 Å². The van der Waals surface area contributed by atoms with Crippen molar-refractivity contribution < 1.29 is 23.4 Å². The van der Waals surface area contributed by atoms with E-state index in [0.29, 0.717) is 42.6 Å². The lowest BCUT2D eigenvalue weighted by molar-refractivity contribution is 0.0826. The molecular weight excluding hydrogens is 361 g/mol. The molecule has 6 heteroatoms. The zero-order chi connectivity index (χ0) is 19.3. The first-order chi connectivity index (χ1) is 13.7. The van der Waals surface area contributed by atoms with Crippen LogP contribution in [0.2, 0.25) is 0 Å². The number of ketones is 1. The molecule has 0 bridgehead atoms. The quantitative estimate of drug-likeness (QED) is 0.712. The number of fused-ring (bicyclic) bond motifs is 1. The number of rotatable bonds is 6. The highest BCUT2D eigenvalue weighted by Gasteiger charge is 2.26. The summed E-state index contributed by atoms with van der Waals surface area (Å²) in [5, 5.41) is 0. The van der Waals surface area contributed by atoms with Gasteiger partial charge in [0, 0.05) is 24.1 Å². The van der Waals surface area contributed by atoms with Gasteiger partial charge in [0.1, 0.15) is 31.4 Å². The Balaban J connectivity index is 1.25. The molecule has 2 aromatic carbocycles. The second-order valence-corrected chi connectivity index (χ2v) is 7.14. The van der Waals surface area contributed by atoms with E-state index >= 15 is 0 Å². The highest BCUT2D eigenvalue weighted by Crippen LogP contribution is 2.32. The lowest BCUT2D eigenvalue weighted by Crippen LogP contribution is -2.38. The monoisotopic (exact) mass is 385 g/mol. The molecule has 1 saturated heterocycles. The number of piperidine rings is 1. The van der Waals surface area contributed by atoms with Crippen LogP contribution in [0.1, 0.15) is 23.2 Å². The van der Waals surface area contributed by atoms with Crippen molar-refractivity contribution in [3.05, 3.63) is 53.8 Å². The van der Waals surface area contributed by atoms with Gasteiger partial charge in [-0.15, -0.1) is 0 Å². The number of hydrogen-bond donors (Lipinski definition) is 0. The van der Waals surface area contributed by atoms with Gasteiger partial charge in [0.05, 0.1) is 0 Å². The van der Waals surface area contributed by atoms with Crippen LogP contribution in [-0.4, -0.2) is 50.1 Å². The van der Waals surface area contributed by atoms with Crippen LogP contribution < -0.4 is 14.2 Å². The first-order valence-corrected chi connectivity index (χ1v) is 9.73. The van der Waals surface area contributed by atoms with E-state index in [1.165, 1.54) is 12.1 Å². The summed E-state index contributed by atoms with van der Waals surface area (Å²) in [5.41, 5.74) is 0.692. The largest absolute Gasteiger partial charge is 0.492 e. The summed E-state index contributed by atoms with van der Waals surface area (Å²) >= 11 is 0. The van der Waals surface area contributed by atoms with Gasteiger partial charge in [-0.1, -0.05) is 6.07 Å². The van der Waals surface area contributed by atoms with E-state index in [4.69, 9.17) is 14.2 Å². The maximum absolute atomic E-state index is 13.2. The average molecular weight is 385 g/mol. The minimum atomic E-state index is -0.295. The molecule has 1 fully saturated rings. The molecule has 28 heavy (non-hydrogen) atoms. The summed E-state index contributed by atoms with van der Waals surface area (Å²) in [6, 6.07) is 11.6.